The Morgan fingerprint density at radius 2 is 2.10 bits per heavy atom. The highest BCUT2D eigenvalue weighted by Gasteiger charge is 2.22. The number of likely N-dealkylation sites (N-methyl/N-ethyl adjacent to an activating group) is 1. The lowest BCUT2D eigenvalue weighted by atomic mass is 10.1. The maximum absolute atomic E-state index is 12.7. The van der Waals surface area contributed by atoms with Crippen LogP contribution in [0.1, 0.15) is 35.4 Å². The Morgan fingerprint density at radius 3 is 2.90 bits per heavy atom. The number of carbonyl (C=O) groups excluding carboxylic acids is 2. The molecular formula is C23H23N3O4. The molecule has 0 bridgehead atoms. The lowest BCUT2D eigenvalue weighted by molar-refractivity contribution is -0.126. The minimum Gasteiger partial charge on any atom is -0.459 e. The van der Waals surface area contributed by atoms with E-state index < -0.39 is 0 Å². The number of hydrogen-bond donors (Lipinski definition) is 1. The Bertz CT molecular complexity index is 1150. The summed E-state index contributed by atoms with van der Waals surface area (Å²) in [6, 6.07) is 9.49. The van der Waals surface area contributed by atoms with Crippen molar-refractivity contribution in [2.24, 2.45) is 0 Å². The number of pyridine rings is 1. The first kappa shape index (κ1) is 19.8. The van der Waals surface area contributed by atoms with Crippen LogP contribution in [0.2, 0.25) is 0 Å². The topological polar surface area (TPSA) is 84.7 Å². The van der Waals surface area contributed by atoms with Crippen LogP contribution in [0, 0.1) is 6.92 Å². The van der Waals surface area contributed by atoms with Gasteiger partial charge in [0.15, 0.2) is 0 Å². The van der Waals surface area contributed by atoms with Gasteiger partial charge in [-0.3, -0.25) is 9.59 Å². The monoisotopic (exact) mass is 405 g/mol. The minimum atomic E-state index is -0.226. The number of hydrogen-bond acceptors (Lipinski definition) is 5. The number of amides is 2. The van der Waals surface area contributed by atoms with Crippen molar-refractivity contribution in [2.75, 3.05) is 19.0 Å². The molecule has 0 saturated heterocycles. The van der Waals surface area contributed by atoms with E-state index in [2.05, 4.69) is 10.3 Å². The van der Waals surface area contributed by atoms with Crippen LogP contribution in [-0.4, -0.2) is 35.4 Å². The van der Waals surface area contributed by atoms with E-state index in [1.807, 2.05) is 44.2 Å². The molecule has 0 aliphatic carbocycles. The zero-order valence-electron chi connectivity index (χ0n) is 17.1. The molecule has 0 fully saturated rings. The summed E-state index contributed by atoms with van der Waals surface area (Å²) in [5.74, 6) is 0.894. The van der Waals surface area contributed by atoms with E-state index in [1.165, 1.54) is 6.08 Å². The predicted molar refractivity (Wildman–Crippen MR) is 114 cm³/mol. The van der Waals surface area contributed by atoms with Crippen LogP contribution in [-0.2, 0) is 20.9 Å². The zero-order valence-corrected chi connectivity index (χ0v) is 17.1. The molecule has 30 heavy (non-hydrogen) atoms. The molecule has 2 aromatic heterocycles. The second-order valence-electron chi connectivity index (χ2n) is 7.36. The summed E-state index contributed by atoms with van der Waals surface area (Å²) < 4.78 is 11.3. The molecule has 1 aromatic carbocycles. The average Bonchev–Trinajstić information content (AvgIpc) is 2.96. The van der Waals surface area contributed by atoms with E-state index in [1.54, 1.807) is 24.2 Å². The van der Waals surface area contributed by atoms with Crippen molar-refractivity contribution >= 4 is 34.7 Å². The molecule has 7 heteroatoms. The van der Waals surface area contributed by atoms with Gasteiger partial charge in [0, 0.05) is 35.8 Å². The number of aromatic nitrogens is 1. The summed E-state index contributed by atoms with van der Waals surface area (Å²) in [4.78, 5) is 30.2. The van der Waals surface area contributed by atoms with Gasteiger partial charge in [0.2, 0.25) is 5.91 Å². The Morgan fingerprint density at radius 1 is 1.30 bits per heavy atom. The van der Waals surface area contributed by atoms with E-state index in [0.717, 1.165) is 33.4 Å². The van der Waals surface area contributed by atoms with Crippen LogP contribution in [0.15, 0.2) is 47.0 Å². The van der Waals surface area contributed by atoms with E-state index in [4.69, 9.17) is 9.15 Å². The summed E-state index contributed by atoms with van der Waals surface area (Å²) in [6.07, 6.45) is 4.83. The van der Waals surface area contributed by atoms with Crippen molar-refractivity contribution in [1.82, 2.24) is 9.88 Å². The fourth-order valence-corrected chi connectivity index (χ4v) is 3.51. The maximum atomic E-state index is 12.7. The van der Waals surface area contributed by atoms with Gasteiger partial charge in [-0.15, -0.1) is 0 Å². The summed E-state index contributed by atoms with van der Waals surface area (Å²) in [5.41, 5.74) is 3.38. The Balaban J connectivity index is 1.50. The molecule has 154 valence electrons. The van der Waals surface area contributed by atoms with Crippen molar-refractivity contribution in [2.45, 2.75) is 26.5 Å². The first-order chi connectivity index (χ1) is 14.4. The largest absolute Gasteiger partial charge is 0.459 e. The van der Waals surface area contributed by atoms with Gasteiger partial charge in [-0.05, 0) is 37.6 Å². The van der Waals surface area contributed by atoms with Crippen LogP contribution >= 0.6 is 0 Å². The molecule has 0 radical (unpaired) electrons. The number of nitrogens with one attached hydrogen (secondary N) is 1. The lowest BCUT2D eigenvalue weighted by Crippen LogP contribution is -2.28. The number of ether oxygens (including phenoxy) is 1. The summed E-state index contributed by atoms with van der Waals surface area (Å²) in [7, 11) is 1.75. The summed E-state index contributed by atoms with van der Waals surface area (Å²) >= 11 is 0. The second kappa shape index (κ2) is 8.12. The molecule has 2 amide bonds. The Labute approximate surface area is 174 Å². The van der Waals surface area contributed by atoms with Crippen LogP contribution < -0.4 is 5.32 Å². The maximum Gasteiger partial charge on any atom is 0.251 e. The molecule has 1 aliphatic rings. The van der Waals surface area contributed by atoms with E-state index >= 15 is 0 Å². The molecule has 1 N–H and O–H groups in total. The average molecular weight is 405 g/mol. The number of furan rings is 1. The van der Waals surface area contributed by atoms with Gasteiger partial charge in [-0.1, -0.05) is 18.2 Å². The van der Waals surface area contributed by atoms with Crippen LogP contribution in [0.5, 0.6) is 0 Å². The molecule has 1 unspecified atom stereocenters. The Hall–Kier alpha value is -3.45. The van der Waals surface area contributed by atoms with Crippen molar-refractivity contribution in [3.8, 4) is 0 Å². The molecule has 0 saturated carbocycles. The summed E-state index contributed by atoms with van der Waals surface area (Å²) in [6.45, 7) is 4.25. The van der Waals surface area contributed by atoms with Gasteiger partial charge >= 0.3 is 0 Å². The van der Waals surface area contributed by atoms with Crippen LogP contribution in [0.25, 0.3) is 17.0 Å². The highest BCUT2D eigenvalue weighted by atomic mass is 16.5. The minimum absolute atomic E-state index is 0.00388. The number of nitrogens with zero attached hydrogens (tertiary/aromatic N) is 2. The lowest BCUT2D eigenvalue weighted by Gasteiger charge is -2.22. The smallest absolute Gasteiger partial charge is 0.251 e. The number of rotatable bonds is 4. The number of anilines is 1. The number of fused-ring (bicyclic) bond motifs is 2. The quantitative estimate of drug-likeness (QED) is 0.667. The fourth-order valence-electron chi connectivity index (χ4n) is 3.51. The van der Waals surface area contributed by atoms with E-state index in [-0.39, 0.29) is 24.5 Å². The third-order valence-corrected chi connectivity index (χ3v) is 5.34. The van der Waals surface area contributed by atoms with Crippen molar-refractivity contribution in [3.63, 3.8) is 0 Å². The van der Waals surface area contributed by atoms with Gasteiger partial charge in [-0.25, -0.2) is 4.98 Å². The normalized spacial score (nSPS) is 15.0. The van der Waals surface area contributed by atoms with Crippen molar-refractivity contribution < 1.29 is 18.7 Å². The van der Waals surface area contributed by atoms with E-state index in [0.29, 0.717) is 12.4 Å². The van der Waals surface area contributed by atoms with Gasteiger partial charge in [0.05, 0.1) is 12.6 Å². The fraction of sp³-hybridized carbons (Fsp3) is 0.261. The third-order valence-electron chi connectivity index (χ3n) is 5.34. The van der Waals surface area contributed by atoms with Gasteiger partial charge in [0.1, 0.15) is 23.8 Å². The molecule has 1 aliphatic heterocycles. The molecule has 1 atom stereocenters. The molecule has 3 heterocycles. The molecular weight excluding hydrogens is 382 g/mol. The first-order valence-corrected chi connectivity index (χ1v) is 9.73. The number of aryl methyl sites for hydroxylation is 1. The van der Waals surface area contributed by atoms with Crippen LogP contribution in [0.3, 0.4) is 0 Å². The number of para-hydroxylation sites is 1. The van der Waals surface area contributed by atoms with Crippen molar-refractivity contribution in [3.05, 3.63) is 65.1 Å². The van der Waals surface area contributed by atoms with Gasteiger partial charge in [-0.2, -0.15) is 0 Å². The second-order valence-corrected chi connectivity index (χ2v) is 7.36. The summed E-state index contributed by atoms with van der Waals surface area (Å²) in [5, 5.41) is 3.75. The molecule has 3 aromatic rings. The predicted octanol–water partition coefficient (Wildman–Crippen LogP) is 3.84. The van der Waals surface area contributed by atoms with E-state index in [9.17, 15) is 9.59 Å². The van der Waals surface area contributed by atoms with Crippen molar-refractivity contribution in [1.29, 1.82) is 0 Å². The number of carbonyl (C=O) groups is 2. The molecule has 0 spiro atoms. The third kappa shape index (κ3) is 3.84. The molecule has 7 nitrogen and oxygen atoms in total. The zero-order chi connectivity index (χ0) is 21.3. The highest BCUT2D eigenvalue weighted by molar-refractivity contribution is 5.93. The van der Waals surface area contributed by atoms with Crippen LogP contribution in [0.4, 0.5) is 5.82 Å². The standard InChI is InChI=1S/C23H23N3O4/c1-14-18-6-4-5-7-19(18)30-22(14)15(2)26(3)21(28)9-8-16-10-17-12-29-13-20(27)25-23(17)24-11-16/h4-11,15H,12-13H2,1-3H3,(H,24,25,27)/b9-8+. The number of benzene rings is 1. The highest BCUT2D eigenvalue weighted by Crippen LogP contribution is 2.31. The first-order valence-electron chi connectivity index (χ1n) is 9.73. The van der Waals surface area contributed by atoms with Gasteiger partial charge < -0.3 is 19.4 Å². The van der Waals surface area contributed by atoms with Gasteiger partial charge in [0.25, 0.3) is 5.91 Å². The Kier molecular flexibility index (Phi) is 5.37. The molecule has 4 rings (SSSR count). The SMILES string of the molecule is Cc1c(C(C)N(C)C(=O)/C=C/c2cnc3c(c2)COCC(=O)N3)oc2ccccc12.